The van der Waals surface area contributed by atoms with Crippen molar-refractivity contribution in [2.75, 3.05) is 5.33 Å². The molecule has 0 aliphatic rings. The smallest absolute Gasteiger partial charge is 0.296 e. The standard InChI is InChI=1S/C11H14Br2N2O3S/c1-7(16)19-6-8-9(13)10(17)14(2)11(18)15(8)5-3-4-12/h3-6H2,1-2H3. The van der Waals surface area contributed by atoms with Gasteiger partial charge in [0.2, 0.25) is 0 Å². The molecular weight excluding hydrogens is 400 g/mol. The Kier molecular flexibility index (Phi) is 6.55. The highest BCUT2D eigenvalue weighted by Crippen LogP contribution is 2.18. The second-order valence-electron chi connectivity index (χ2n) is 3.88. The number of thioether (sulfide) groups is 1. The van der Waals surface area contributed by atoms with Crippen LogP contribution < -0.4 is 11.2 Å². The topological polar surface area (TPSA) is 61.1 Å². The van der Waals surface area contributed by atoms with E-state index in [9.17, 15) is 14.4 Å². The Morgan fingerprint density at radius 1 is 1.37 bits per heavy atom. The lowest BCUT2D eigenvalue weighted by Crippen LogP contribution is -2.40. The average molecular weight is 414 g/mol. The molecule has 8 heteroatoms. The maximum atomic E-state index is 12.1. The molecule has 0 atom stereocenters. The molecule has 0 saturated carbocycles. The van der Waals surface area contributed by atoms with E-state index in [1.54, 1.807) is 4.57 Å². The first-order valence-electron chi connectivity index (χ1n) is 5.57. The first kappa shape index (κ1) is 16.7. The summed E-state index contributed by atoms with van der Waals surface area (Å²) in [5.41, 5.74) is -0.165. The fourth-order valence-electron chi connectivity index (χ4n) is 1.53. The Labute approximate surface area is 131 Å². The predicted octanol–water partition coefficient (Wildman–Crippen LogP) is 1.87. The van der Waals surface area contributed by atoms with Crippen LogP contribution in [-0.2, 0) is 24.1 Å². The molecule has 1 rings (SSSR count). The predicted molar refractivity (Wildman–Crippen MR) is 84.0 cm³/mol. The van der Waals surface area contributed by atoms with Crippen molar-refractivity contribution in [1.82, 2.24) is 9.13 Å². The molecule has 0 bridgehead atoms. The van der Waals surface area contributed by atoms with Crippen LogP contribution in [0.5, 0.6) is 0 Å². The Hall–Kier alpha value is -0.340. The summed E-state index contributed by atoms with van der Waals surface area (Å²) in [5, 5.41) is 0.714. The van der Waals surface area contributed by atoms with Crippen molar-refractivity contribution in [3.63, 3.8) is 0 Å². The van der Waals surface area contributed by atoms with Gasteiger partial charge in [-0.15, -0.1) is 0 Å². The van der Waals surface area contributed by atoms with Crippen LogP contribution in [0, 0.1) is 0 Å². The maximum Gasteiger partial charge on any atom is 0.331 e. The summed E-state index contributed by atoms with van der Waals surface area (Å²) in [6.45, 7) is 1.96. The summed E-state index contributed by atoms with van der Waals surface area (Å²) < 4.78 is 2.96. The molecule has 0 aliphatic carbocycles. The maximum absolute atomic E-state index is 12.1. The molecule has 1 heterocycles. The molecule has 0 radical (unpaired) electrons. The summed E-state index contributed by atoms with van der Waals surface area (Å²) in [7, 11) is 1.45. The molecule has 0 aromatic carbocycles. The third-order valence-corrected chi connectivity index (χ3v) is 4.70. The molecule has 0 N–H and O–H groups in total. The van der Waals surface area contributed by atoms with Crippen LogP contribution in [0.1, 0.15) is 19.0 Å². The fraction of sp³-hybridized carbons (Fsp3) is 0.545. The third kappa shape index (κ3) is 4.06. The largest absolute Gasteiger partial charge is 0.331 e. The van der Waals surface area contributed by atoms with Crippen molar-refractivity contribution < 1.29 is 4.79 Å². The van der Waals surface area contributed by atoms with Crippen LogP contribution in [0.25, 0.3) is 0 Å². The molecule has 0 fully saturated rings. The first-order valence-corrected chi connectivity index (χ1v) is 8.47. The van der Waals surface area contributed by atoms with E-state index >= 15 is 0 Å². The zero-order chi connectivity index (χ0) is 14.6. The van der Waals surface area contributed by atoms with E-state index < -0.39 is 0 Å². The second kappa shape index (κ2) is 7.44. The second-order valence-corrected chi connectivity index (χ2v) is 6.62. The number of hydrogen-bond donors (Lipinski definition) is 0. The molecule has 0 spiro atoms. The van der Waals surface area contributed by atoms with Crippen LogP contribution in [0.2, 0.25) is 0 Å². The number of aromatic nitrogens is 2. The van der Waals surface area contributed by atoms with Crippen LogP contribution >= 0.6 is 43.6 Å². The normalized spacial score (nSPS) is 10.7. The van der Waals surface area contributed by atoms with Gasteiger partial charge in [-0.3, -0.25) is 18.7 Å². The lowest BCUT2D eigenvalue weighted by Gasteiger charge is -2.14. The molecule has 1 aromatic rings. The van der Waals surface area contributed by atoms with E-state index in [1.165, 1.54) is 14.0 Å². The highest BCUT2D eigenvalue weighted by molar-refractivity contribution is 9.10. The molecule has 0 amide bonds. The van der Waals surface area contributed by atoms with Gasteiger partial charge in [0.05, 0.1) is 5.69 Å². The Morgan fingerprint density at radius 3 is 2.53 bits per heavy atom. The summed E-state index contributed by atoms with van der Waals surface area (Å²) >= 11 is 7.62. The van der Waals surface area contributed by atoms with Crippen molar-refractivity contribution in [2.45, 2.75) is 25.6 Å². The van der Waals surface area contributed by atoms with Gasteiger partial charge in [0.25, 0.3) is 5.56 Å². The number of nitrogens with zero attached hydrogens (tertiary/aromatic N) is 2. The van der Waals surface area contributed by atoms with Gasteiger partial charge >= 0.3 is 5.69 Å². The van der Waals surface area contributed by atoms with Gasteiger partial charge in [-0.1, -0.05) is 27.7 Å². The van der Waals surface area contributed by atoms with Gasteiger partial charge in [-0.05, 0) is 22.4 Å². The Balaban J connectivity index is 3.34. The first-order chi connectivity index (χ1) is 8.90. The van der Waals surface area contributed by atoms with Gasteiger partial charge in [-0.25, -0.2) is 4.79 Å². The van der Waals surface area contributed by atoms with Crippen molar-refractivity contribution in [3.05, 3.63) is 31.0 Å². The van der Waals surface area contributed by atoms with Crippen molar-refractivity contribution in [3.8, 4) is 0 Å². The number of alkyl halides is 1. The van der Waals surface area contributed by atoms with E-state index in [0.29, 0.717) is 22.5 Å². The van der Waals surface area contributed by atoms with E-state index in [2.05, 4.69) is 31.9 Å². The molecule has 0 unspecified atom stereocenters. The molecule has 19 heavy (non-hydrogen) atoms. The van der Waals surface area contributed by atoms with Gasteiger partial charge in [0.15, 0.2) is 5.12 Å². The lowest BCUT2D eigenvalue weighted by atomic mass is 10.4. The average Bonchev–Trinajstić information content (AvgIpc) is 2.37. The number of carbonyl (C=O) groups excluding carboxylic acids is 1. The number of rotatable bonds is 5. The highest BCUT2D eigenvalue weighted by atomic mass is 79.9. The van der Waals surface area contributed by atoms with E-state index in [1.807, 2.05) is 0 Å². The number of halogens is 2. The van der Waals surface area contributed by atoms with E-state index in [4.69, 9.17) is 0 Å². The number of hydrogen-bond acceptors (Lipinski definition) is 4. The molecule has 106 valence electrons. The van der Waals surface area contributed by atoms with E-state index in [0.717, 1.165) is 28.1 Å². The van der Waals surface area contributed by atoms with Gasteiger partial charge in [-0.2, -0.15) is 0 Å². The minimum Gasteiger partial charge on any atom is -0.296 e. The zero-order valence-electron chi connectivity index (χ0n) is 10.6. The van der Waals surface area contributed by atoms with Crippen molar-refractivity contribution in [1.29, 1.82) is 0 Å². The van der Waals surface area contributed by atoms with Crippen LogP contribution in [0.3, 0.4) is 0 Å². The summed E-state index contributed by atoms with van der Waals surface area (Å²) in [6, 6.07) is 0. The van der Waals surface area contributed by atoms with Crippen molar-refractivity contribution >= 4 is 48.7 Å². The SMILES string of the molecule is CC(=O)SCc1c(Br)c(=O)n(C)c(=O)n1CCCBr. The molecule has 5 nitrogen and oxygen atoms in total. The molecule has 1 aromatic heterocycles. The summed E-state index contributed by atoms with van der Waals surface area (Å²) in [4.78, 5) is 35.0. The van der Waals surface area contributed by atoms with Gasteiger partial charge in [0.1, 0.15) is 4.47 Å². The summed E-state index contributed by atoms with van der Waals surface area (Å²) in [5.74, 6) is 0.309. The van der Waals surface area contributed by atoms with Crippen LogP contribution in [0.4, 0.5) is 0 Å². The lowest BCUT2D eigenvalue weighted by molar-refractivity contribution is -0.109. The highest BCUT2D eigenvalue weighted by Gasteiger charge is 2.15. The quantitative estimate of drug-likeness (QED) is 0.691. The Bertz CT molecular complexity index is 595. The molecule has 0 aliphatic heterocycles. The summed E-state index contributed by atoms with van der Waals surface area (Å²) in [6.07, 6.45) is 0.766. The monoisotopic (exact) mass is 412 g/mol. The third-order valence-electron chi connectivity index (χ3n) is 2.52. The number of carbonyl (C=O) groups is 1. The molecule has 0 saturated heterocycles. The van der Waals surface area contributed by atoms with Crippen molar-refractivity contribution in [2.24, 2.45) is 7.05 Å². The van der Waals surface area contributed by atoms with Crippen LogP contribution in [0.15, 0.2) is 14.1 Å². The van der Waals surface area contributed by atoms with Gasteiger partial charge < -0.3 is 0 Å². The fourth-order valence-corrected chi connectivity index (χ4v) is 3.23. The van der Waals surface area contributed by atoms with E-state index in [-0.39, 0.29) is 16.4 Å². The zero-order valence-corrected chi connectivity index (χ0v) is 14.6. The molecular formula is C11H14Br2N2O3S. The van der Waals surface area contributed by atoms with Crippen LogP contribution in [-0.4, -0.2) is 19.6 Å². The van der Waals surface area contributed by atoms with Gasteiger partial charge in [0, 0.05) is 31.6 Å². The minimum atomic E-state index is -0.376. The minimum absolute atomic E-state index is 0.0490. The Morgan fingerprint density at radius 2 is 2.00 bits per heavy atom.